The number of carbonyl (C=O) groups excluding carboxylic acids is 3. The predicted molar refractivity (Wildman–Crippen MR) is 132 cm³/mol. The van der Waals surface area contributed by atoms with Crippen molar-refractivity contribution in [3.8, 4) is 11.5 Å². The van der Waals surface area contributed by atoms with Crippen molar-refractivity contribution >= 4 is 24.1 Å². The molecule has 0 radical (unpaired) electrons. The second kappa shape index (κ2) is 12.7. The molecule has 36 heavy (non-hydrogen) atoms. The highest BCUT2D eigenvalue weighted by Gasteiger charge is 2.38. The normalized spacial score (nSPS) is 14.1. The summed E-state index contributed by atoms with van der Waals surface area (Å²) in [5.74, 6) is -3.25. The second-order valence-corrected chi connectivity index (χ2v) is 10.2. The van der Waals surface area contributed by atoms with Crippen LogP contribution in [0.1, 0.15) is 73.8 Å². The molecule has 1 unspecified atom stereocenters. The van der Waals surface area contributed by atoms with Gasteiger partial charge in [-0.25, -0.2) is 4.79 Å². The van der Waals surface area contributed by atoms with Gasteiger partial charge < -0.3 is 29.8 Å². The molecule has 0 aliphatic rings. The lowest BCUT2D eigenvalue weighted by Crippen LogP contribution is -2.52. The van der Waals surface area contributed by atoms with Crippen molar-refractivity contribution in [2.45, 2.75) is 91.9 Å². The van der Waals surface area contributed by atoms with Crippen LogP contribution in [0.3, 0.4) is 0 Å². The van der Waals surface area contributed by atoms with Gasteiger partial charge in [-0.2, -0.15) is 0 Å². The molecule has 2 atom stereocenters. The zero-order chi connectivity index (χ0) is 27.8. The summed E-state index contributed by atoms with van der Waals surface area (Å²) < 4.78 is 21.2. The lowest BCUT2D eigenvalue weighted by Gasteiger charge is -2.29. The Balaban J connectivity index is 3.16. The number of carbonyl (C=O) groups is 4. The Bertz CT molecular complexity index is 955. The van der Waals surface area contributed by atoms with Crippen molar-refractivity contribution in [1.29, 1.82) is 0 Å². The van der Waals surface area contributed by atoms with Gasteiger partial charge in [-0.15, -0.1) is 0 Å². The van der Waals surface area contributed by atoms with Gasteiger partial charge in [0, 0.05) is 12.8 Å². The second-order valence-electron chi connectivity index (χ2n) is 10.2. The van der Waals surface area contributed by atoms with E-state index >= 15 is 0 Å². The molecule has 0 aliphatic heterocycles. The maximum Gasteiger partial charge on any atom is 0.509 e. The van der Waals surface area contributed by atoms with Crippen molar-refractivity contribution in [3.63, 3.8) is 0 Å². The molecule has 0 amide bonds. The van der Waals surface area contributed by atoms with Crippen LogP contribution in [-0.2, 0) is 30.3 Å². The summed E-state index contributed by atoms with van der Waals surface area (Å²) in [6, 6.07) is 4.37. The number of esters is 2. The van der Waals surface area contributed by atoms with E-state index in [9.17, 15) is 24.3 Å². The first kappa shape index (κ1) is 30.9. The molecule has 10 nitrogen and oxygen atoms in total. The highest BCUT2D eigenvalue weighted by molar-refractivity contribution is 5.80. The van der Waals surface area contributed by atoms with Crippen LogP contribution < -0.4 is 15.2 Å². The molecule has 0 fully saturated rings. The van der Waals surface area contributed by atoms with Crippen molar-refractivity contribution < 1.29 is 43.2 Å². The van der Waals surface area contributed by atoms with Gasteiger partial charge in [0.2, 0.25) is 0 Å². The number of ether oxygens (including phenoxy) is 4. The van der Waals surface area contributed by atoms with E-state index < -0.39 is 53.1 Å². The molecule has 0 spiro atoms. The number of hydrogen-bond acceptors (Lipinski definition) is 9. The standard InChI is InChI=1S/C26H39NO9/c1-9-25(7,8)36-24(32)33-17(6)13-26(27,23(30)31)14-18-10-11-19(34-21(28)15(2)3)20(12-18)35-22(29)16(4)5/h10-12,15-17H,9,13-14,27H2,1-8H3,(H,30,31)/t17-,26?/m0/s1. The third-order valence-corrected chi connectivity index (χ3v) is 5.48. The van der Waals surface area contributed by atoms with Crippen molar-refractivity contribution in [2.24, 2.45) is 17.6 Å². The largest absolute Gasteiger partial charge is 0.509 e. The fourth-order valence-corrected chi connectivity index (χ4v) is 2.92. The minimum atomic E-state index is -1.82. The maximum atomic E-state index is 12.2. The van der Waals surface area contributed by atoms with Crippen LogP contribution in [0.25, 0.3) is 0 Å². The molecule has 0 aromatic heterocycles. The van der Waals surface area contributed by atoms with Gasteiger partial charge >= 0.3 is 24.1 Å². The van der Waals surface area contributed by atoms with E-state index in [-0.39, 0.29) is 24.3 Å². The zero-order valence-electron chi connectivity index (χ0n) is 22.4. The number of carboxylic acid groups (broad SMARTS) is 1. The van der Waals surface area contributed by atoms with Crippen LogP contribution in [0.2, 0.25) is 0 Å². The van der Waals surface area contributed by atoms with Crippen LogP contribution in [0.5, 0.6) is 11.5 Å². The smallest absolute Gasteiger partial charge is 0.480 e. The monoisotopic (exact) mass is 509 g/mol. The molecule has 0 saturated heterocycles. The molecule has 1 aromatic carbocycles. The number of carboxylic acids is 1. The molecule has 0 saturated carbocycles. The molecule has 202 valence electrons. The van der Waals surface area contributed by atoms with Crippen LogP contribution in [0.15, 0.2) is 18.2 Å². The van der Waals surface area contributed by atoms with Gasteiger partial charge in [0.05, 0.1) is 11.8 Å². The molecular weight excluding hydrogens is 470 g/mol. The first-order valence-electron chi connectivity index (χ1n) is 12.0. The summed E-state index contributed by atoms with van der Waals surface area (Å²) >= 11 is 0. The Morgan fingerprint density at radius 2 is 1.47 bits per heavy atom. The fraction of sp³-hybridized carbons (Fsp3) is 0.615. The van der Waals surface area contributed by atoms with E-state index in [1.807, 2.05) is 6.92 Å². The SMILES string of the molecule is CCC(C)(C)OC(=O)O[C@@H](C)CC(N)(Cc1ccc(OC(=O)C(C)C)c(OC(=O)C(C)C)c1)C(=O)O. The number of benzene rings is 1. The van der Waals surface area contributed by atoms with Crippen molar-refractivity contribution in [1.82, 2.24) is 0 Å². The number of aliphatic carboxylic acids is 1. The van der Waals surface area contributed by atoms with Crippen LogP contribution in [0, 0.1) is 11.8 Å². The minimum Gasteiger partial charge on any atom is -0.480 e. The van der Waals surface area contributed by atoms with E-state index in [1.54, 1.807) is 41.5 Å². The number of nitrogens with two attached hydrogens (primary N) is 1. The van der Waals surface area contributed by atoms with Gasteiger partial charge in [-0.1, -0.05) is 40.7 Å². The Morgan fingerprint density at radius 1 is 0.944 bits per heavy atom. The van der Waals surface area contributed by atoms with Gasteiger partial charge in [0.15, 0.2) is 11.5 Å². The Morgan fingerprint density at radius 3 is 1.94 bits per heavy atom. The van der Waals surface area contributed by atoms with Crippen molar-refractivity contribution in [2.75, 3.05) is 0 Å². The number of rotatable bonds is 12. The summed E-state index contributed by atoms with van der Waals surface area (Å²) in [6.07, 6.45) is -1.61. The molecule has 1 rings (SSSR count). The highest BCUT2D eigenvalue weighted by atomic mass is 16.7. The van der Waals surface area contributed by atoms with Gasteiger partial charge in [-0.3, -0.25) is 14.4 Å². The van der Waals surface area contributed by atoms with E-state index in [0.29, 0.717) is 12.0 Å². The van der Waals surface area contributed by atoms with Crippen LogP contribution in [-0.4, -0.2) is 46.4 Å². The predicted octanol–water partition coefficient (Wildman–Crippen LogP) is 4.25. The Kier molecular flexibility index (Phi) is 10.9. The number of hydrogen-bond donors (Lipinski definition) is 2. The fourth-order valence-electron chi connectivity index (χ4n) is 2.92. The van der Waals surface area contributed by atoms with Crippen LogP contribution in [0.4, 0.5) is 4.79 Å². The molecule has 0 bridgehead atoms. The third-order valence-electron chi connectivity index (χ3n) is 5.48. The van der Waals surface area contributed by atoms with Crippen molar-refractivity contribution in [3.05, 3.63) is 23.8 Å². The van der Waals surface area contributed by atoms with E-state index in [2.05, 4.69) is 0 Å². The first-order valence-corrected chi connectivity index (χ1v) is 12.0. The highest BCUT2D eigenvalue weighted by Crippen LogP contribution is 2.32. The molecule has 3 N–H and O–H groups in total. The summed E-state index contributed by atoms with van der Waals surface area (Å²) in [5.41, 5.74) is 4.10. The molecular formula is C26H39NO9. The van der Waals surface area contributed by atoms with Gasteiger partial charge in [0.25, 0.3) is 0 Å². The average Bonchev–Trinajstić information content (AvgIpc) is 2.74. The lowest BCUT2D eigenvalue weighted by atomic mass is 9.86. The Labute approximate surface area is 212 Å². The quantitative estimate of drug-likeness (QED) is 0.309. The third kappa shape index (κ3) is 9.49. The Hall–Kier alpha value is -3.14. The van der Waals surface area contributed by atoms with Gasteiger partial charge in [-0.05, 0) is 44.9 Å². The lowest BCUT2D eigenvalue weighted by molar-refractivity contribution is -0.145. The first-order chi connectivity index (χ1) is 16.5. The summed E-state index contributed by atoms with van der Waals surface area (Å²) in [5, 5.41) is 9.87. The molecule has 1 aromatic rings. The minimum absolute atomic E-state index is 0.0254. The van der Waals surface area contributed by atoms with E-state index in [1.165, 1.54) is 25.1 Å². The average molecular weight is 510 g/mol. The molecule has 0 heterocycles. The topological polar surface area (TPSA) is 151 Å². The van der Waals surface area contributed by atoms with E-state index in [0.717, 1.165) is 0 Å². The molecule has 0 aliphatic carbocycles. The van der Waals surface area contributed by atoms with Crippen LogP contribution >= 0.6 is 0 Å². The summed E-state index contributed by atoms with van der Waals surface area (Å²) in [7, 11) is 0. The summed E-state index contributed by atoms with van der Waals surface area (Å²) in [6.45, 7) is 13.5. The maximum absolute atomic E-state index is 12.2. The van der Waals surface area contributed by atoms with Gasteiger partial charge in [0.1, 0.15) is 17.2 Å². The zero-order valence-corrected chi connectivity index (χ0v) is 22.4. The molecule has 10 heteroatoms. The summed E-state index contributed by atoms with van der Waals surface area (Å²) in [4.78, 5) is 48.5. The van der Waals surface area contributed by atoms with E-state index in [4.69, 9.17) is 24.7 Å².